The molecule has 0 aliphatic rings. The first kappa shape index (κ1) is 10.7. The van der Waals surface area contributed by atoms with E-state index in [0.29, 0.717) is 0 Å². The second-order valence-electron chi connectivity index (χ2n) is 2.50. The maximum absolute atomic E-state index is 10.6. The van der Waals surface area contributed by atoms with Crippen molar-refractivity contribution in [1.82, 2.24) is 0 Å². The quantitative estimate of drug-likeness (QED) is 0.597. The van der Waals surface area contributed by atoms with Crippen LogP contribution in [0.25, 0.3) is 0 Å². The summed E-state index contributed by atoms with van der Waals surface area (Å²) >= 11 is 0. The zero-order chi connectivity index (χ0) is 11.6. The minimum absolute atomic E-state index is 0.519. The third-order valence-electron chi connectivity index (χ3n) is 1.67. The summed E-state index contributed by atoms with van der Waals surface area (Å²) in [5, 5.41) is 30.2. The molecular weight excluding hydrogens is 208 g/mol. The number of nitro groups is 2. The maximum Gasteiger partial charge on any atom is 0.391 e. The van der Waals surface area contributed by atoms with E-state index in [1.54, 1.807) is 0 Å². The van der Waals surface area contributed by atoms with E-state index < -0.39 is 32.7 Å². The molecule has 0 fully saturated rings. The highest BCUT2D eigenvalue weighted by atomic mass is 16.6. The van der Waals surface area contributed by atoms with Crippen LogP contribution in [0.4, 0.5) is 11.4 Å². The largest absolute Gasteiger partial charge is 0.504 e. The summed E-state index contributed by atoms with van der Waals surface area (Å²) in [7, 11) is 1.08. The maximum atomic E-state index is 10.6. The van der Waals surface area contributed by atoms with E-state index in [1.807, 2.05) is 0 Å². The van der Waals surface area contributed by atoms with E-state index >= 15 is 0 Å². The Morgan fingerprint density at radius 3 is 2.27 bits per heavy atom. The second kappa shape index (κ2) is 3.78. The average molecular weight is 214 g/mol. The lowest BCUT2D eigenvalue weighted by molar-refractivity contribution is -0.423. The van der Waals surface area contributed by atoms with Crippen molar-refractivity contribution in [2.45, 2.75) is 0 Å². The van der Waals surface area contributed by atoms with Crippen LogP contribution in [-0.4, -0.2) is 22.1 Å². The molecule has 0 aromatic heterocycles. The summed E-state index contributed by atoms with van der Waals surface area (Å²) in [6.07, 6.45) is 0. The Morgan fingerprint density at radius 2 is 1.87 bits per heavy atom. The van der Waals surface area contributed by atoms with Gasteiger partial charge < -0.3 is 9.84 Å². The minimum Gasteiger partial charge on any atom is -0.504 e. The third-order valence-corrected chi connectivity index (χ3v) is 1.67. The summed E-state index contributed by atoms with van der Waals surface area (Å²) in [6.45, 7) is 0. The Labute approximate surface area is 83.0 Å². The SMILES string of the molecule is COc1c(O)ccc([N+](=O)[O-])c1[N+](=O)[O-]. The number of methoxy groups -OCH3 is 1. The van der Waals surface area contributed by atoms with Gasteiger partial charge in [-0.05, 0) is 6.07 Å². The number of phenolic OH excluding ortho intramolecular Hbond substituents is 1. The second-order valence-corrected chi connectivity index (χ2v) is 2.50. The van der Waals surface area contributed by atoms with Crippen molar-refractivity contribution in [1.29, 1.82) is 0 Å². The Balaban J connectivity index is 3.56. The summed E-state index contributed by atoms with van der Waals surface area (Å²) in [4.78, 5) is 19.1. The molecule has 0 aliphatic carbocycles. The highest BCUT2D eigenvalue weighted by molar-refractivity contribution is 5.66. The molecule has 8 heteroatoms. The van der Waals surface area contributed by atoms with Gasteiger partial charge in [0.25, 0.3) is 0 Å². The predicted octanol–water partition coefficient (Wildman–Crippen LogP) is 1.22. The normalized spacial score (nSPS) is 9.67. The van der Waals surface area contributed by atoms with Crippen LogP contribution in [0, 0.1) is 20.2 Å². The first-order valence-electron chi connectivity index (χ1n) is 3.67. The molecule has 1 N–H and O–H groups in total. The predicted molar refractivity (Wildman–Crippen MR) is 48.0 cm³/mol. The standard InChI is InChI=1S/C7H6N2O6/c1-15-7-5(10)3-2-4(8(11)12)6(7)9(13)14/h2-3,10H,1H3. The number of ether oxygens (including phenoxy) is 1. The molecule has 0 saturated heterocycles. The number of nitrogens with zero attached hydrogens (tertiary/aromatic N) is 2. The van der Waals surface area contributed by atoms with Gasteiger partial charge in [-0.25, -0.2) is 0 Å². The number of phenols is 1. The van der Waals surface area contributed by atoms with Gasteiger partial charge in [0.15, 0.2) is 5.75 Å². The van der Waals surface area contributed by atoms with E-state index in [1.165, 1.54) is 0 Å². The van der Waals surface area contributed by atoms with Crippen molar-refractivity contribution in [2.75, 3.05) is 7.11 Å². The first-order valence-corrected chi connectivity index (χ1v) is 3.67. The van der Waals surface area contributed by atoms with E-state index in [-0.39, 0.29) is 0 Å². The molecule has 0 aliphatic heterocycles. The lowest BCUT2D eigenvalue weighted by Crippen LogP contribution is -1.99. The van der Waals surface area contributed by atoms with Crippen LogP contribution in [0.5, 0.6) is 11.5 Å². The van der Waals surface area contributed by atoms with E-state index in [2.05, 4.69) is 4.74 Å². The molecule has 0 spiro atoms. The molecule has 0 saturated carbocycles. The van der Waals surface area contributed by atoms with E-state index in [4.69, 9.17) is 0 Å². The fraction of sp³-hybridized carbons (Fsp3) is 0.143. The monoisotopic (exact) mass is 214 g/mol. The van der Waals surface area contributed by atoms with Crippen molar-refractivity contribution in [3.8, 4) is 11.5 Å². The van der Waals surface area contributed by atoms with Crippen molar-refractivity contribution in [3.63, 3.8) is 0 Å². The Bertz CT molecular complexity index is 430. The van der Waals surface area contributed by atoms with Gasteiger partial charge in [0, 0.05) is 6.07 Å². The Morgan fingerprint density at radius 1 is 1.27 bits per heavy atom. The van der Waals surface area contributed by atoms with Gasteiger partial charge in [-0.1, -0.05) is 0 Å². The van der Waals surface area contributed by atoms with Crippen molar-refractivity contribution in [2.24, 2.45) is 0 Å². The molecule has 0 heterocycles. The van der Waals surface area contributed by atoms with Crippen molar-refractivity contribution >= 4 is 11.4 Å². The summed E-state index contributed by atoms with van der Waals surface area (Å²) in [5.41, 5.74) is -1.59. The summed E-state index contributed by atoms with van der Waals surface area (Å²) in [6, 6.07) is 1.81. The molecule has 1 aromatic carbocycles. The van der Waals surface area contributed by atoms with E-state index in [9.17, 15) is 25.3 Å². The highest BCUT2D eigenvalue weighted by Gasteiger charge is 2.31. The van der Waals surface area contributed by atoms with Crippen molar-refractivity contribution in [3.05, 3.63) is 32.4 Å². The van der Waals surface area contributed by atoms with Gasteiger partial charge in [-0.15, -0.1) is 0 Å². The Kier molecular flexibility index (Phi) is 2.70. The lowest BCUT2D eigenvalue weighted by atomic mass is 10.2. The average Bonchev–Trinajstić information content (AvgIpc) is 2.16. The van der Waals surface area contributed by atoms with Crippen LogP contribution >= 0.6 is 0 Å². The molecule has 8 nitrogen and oxygen atoms in total. The Hall–Kier alpha value is -2.38. The fourth-order valence-electron chi connectivity index (χ4n) is 1.08. The summed E-state index contributed by atoms with van der Waals surface area (Å²) < 4.78 is 4.53. The lowest BCUT2D eigenvalue weighted by Gasteiger charge is -2.03. The highest BCUT2D eigenvalue weighted by Crippen LogP contribution is 2.42. The fourth-order valence-corrected chi connectivity index (χ4v) is 1.08. The van der Waals surface area contributed by atoms with Gasteiger partial charge in [0.2, 0.25) is 5.75 Å². The topological polar surface area (TPSA) is 116 Å². The first-order chi connectivity index (χ1) is 6.99. The van der Waals surface area contributed by atoms with Gasteiger partial charge >= 0.3 is 11.4 Å². The zero-order valence-electron chi connectivity index (χ0n) is 7.54. The zero-order valence-corrected chi connectivity index (χ0v) is 7.54. The molecule has 1 rings (SSSR count). The third kappa shape index (κ3) is 1.77. The molecule has 0 unspecified atom stereocenters. The van der Waals surface area contributed by atoms with Crippen LogP contribution in [0.1, 0.15) is 0 Å². The molecule has 0 bridgehead atoms. The number of aromatic hydroxyl groups is 1. The molecule has 0 atom stereocenters. The molecular formula is C7H6N2O6. The van der Waals surface area contributed by atoms with Crippen LogP contribution in [0.2, 0.25) is 0 Å². The van der Waals surface area contributed by atoms with Gasteiger partial charge in [-0.3, -0.25) is 20.2 Å². The molecule has 80 valence electrons. The van der Waals surface area contributed by atoms with Crippen LogP contribution in [-0.2, 0) is 0 Å². The number of benzene rings is 1. The van der Waals surface area contributed by atoms with Crippen LogP contribution in [0.3, 0.4) is 0 Å². The van der Waals surface area contributed by atoms with Gasteiger partial charge in [0.05, 0.1) is 17.0 Å². The van der Waals surface area contributed by atoms with Gasteiger partial charge in [0.1, 0.15) is 0 Å². The molecule has 1 aromatic rings. The van der Waals surface area contributed by atoms with Crippen molar-refractivity contribution < 1.29 is 19.7 Å². The minimum atomic E-state index is -0.976. The number of nitro benzene ring substituents is 2. The van der Waals surface area contributed by atoms with E-state index in [0.717, 1.165) is 19.2 Å². The number of hydrogen-bond acceptors (Lipinski definition) is 6. The van der Waals surface area contributed by atoms with Crippen LogP contribution in [0.15, 0.2) is 12.1 Å². The molecule has 15 heavy (non-hydrogen) atoms. The van der Waals surface area contributed by atoms with Gasteiger partial charge in [-0.2, -0.15) is 0 Å². The molecule has 0 radical (unpaired) electrons. The summed E-state index contributed by atoms with van der Waals surface area (Å²) in [5.74, 6) is -1.04. The number of rotatable bonds is 3. The molecule has 0 amide bonds. The smallest absolute Gasteiger partial charge is 0.391 e. The van der Waals surface area contributed by atoms with Crippen LogP contribution < -0.4 is 4.74 Å². The number of hydrogen-bond donors (Lipinski definition) is 1.